The lowest BCUT2D eigenvalue weighted by atomic mass is 9.58. The highest BCUT2D eigenvalue weighted by Crippen LogP contribution is 2.56. The van der Waals surface area contributed by atoms with Crippen molar-refractivity contribution >= 4 is 6.29 Å². The zero-order valence-electron chi connectivity index (χ0n) is 22.6. The molecule has 0 bridgehead atoms. The van der Waals surface area contributed by atoms with Crippen LogP contribution in [0.5, 0.6) is 11.6 Å². The molecule has 0 N–H and O–H groups in total. The number of hydrogen-bond donors (Lipinski definition) is 0. The molecular weight excluding hydrogens is 477 g/mol. The van der Waals surface area contributed by atoms with Gasteiger partial charge in [-0.15, -0.1) is 0 Å². The molecule has 2 aromatic carbocycles. The Kier molecular flexibility index (Phi) is 6.28. The first-order valence-electron chi connectivity index (χ1n) is 13.9. The molecule has 38 heavy (non-hydrogen) atoms. The van der Waals surface area contributed by atoms with E-state index >= 15 is 4.39 Å². The summed E-state index contributed by atoms with van der Waals surface area (Å²) in [5.41, 5.74) is 6.48. The van der Waals surface area contributed by atoms with E-state index < -0.39 is 0 Å². The molecule has 1 aromatic heterocycles. The molecule has 2 saturated carbocycles. The lowest BCUT2D eigenvalue weighted by Gasteiger charge is -2.45. The maximum absolute atomic E-state index is 15.0. The predicted molar refractivity (Wildman–Crippen MR) is 146 cm³/mol. The Bertz CT molecular complexity index is 1380. The van der Waals surface area contributed by atoms with Gasteiger partial charge in [0.05, 0.1) is 13.3 Å². The molecule has 2 fully saturated rings. The van der Waals surface area contributed by atoms with Gasteiger partial charge in [0.25, 0.3) is 0 Å². The molecule has 1 spiro atoms. The number of nitrogens with zero attached hydrogens (tertiary/aromatic N) is 1. The molecular formula is C33H36FNO3. The van der Waals surface area contributed by atoms with Crippen LogP contribution in [0.2, 0.25) is 0 Å². The standard InChI is InChI=1S/C33H36FNO3/c1-32(2)12-4-5-28(32)26-15-21(6-9-25(26)27-17-31(37-3)35-18-30(27)34)20-38-24-8-7-22-10-13-33(29(22)16-24)14-11-23(33)19-36/h6-9,15-19,23,28H,4-5,10-14,20H2,1-3H3/t23-,28+,33-/m1/s1. The third-order valence-corrected chi connectivity index (χ3v) is 9.72. The summed E-state index contributed by atoms with van der Waals surface area (Å²) in [5.74, 6) is 1.37. The van der Waals surface area contributed by atoms with Crippen LogP contribution in [0, 0.1) is 17.2 Å². The summed E-state index contributed by atoms with van der Waals surface area (Å²) in [5, 5.41) is 0. The van der Waals surface area contributed by atoms with Gasteiger partial charge in [0.1, 0.15) is 24.5 Å². The molecule has 0 unspecified atom stereocenters. The van der Waals surface area contributed by atoms with Crippen molar-refractivity contribution < 1.29 is 18.7 Å². The second-order valence-corrected chi connectivity index (χ2v) is 12.1. The van der Waals surface area contributed by atoms with E-state index in [-0.39, 0.29) is 22.6 Å². The van der Waals surface area contributed by atoms with Crippen LogP contribution in [-0.4, -0.2) is 18.4 Å². The lowest BCUT2D eigenvalue weighted by molar-refractivity contribution is -0.116. The van der Waals surface area contributed by atoms with Crippen molar-refractivity contribution in [2.45, 2.75) is 76.7 Å². The Balaban J connectivity index is 1.31. The van der Waals surface area contributed by atoms with E-state index in [1.165, 1.54) is 23.7 Å². The molecule has 5 heteroatoms. The van der Waals surface area contributed by atoms with Crippen LogP contribution in [0.25, 0.3) is 11.1 Å². The van der Waals surface area contributed by atoms with Gasteiger partial charge in [0, 0.05) is 23.0 Å². The molecule has 3 aliphatic rings. The molecule has 0 radical (unpaired) electrons. The second-order valence-electron chi connectivity index (χ2n) is 12.1. The highest BCUT2D eigenvalue weighted by Gasteiger charge is 2.51. The summed E-state index contributed by atoms with van der Waals surface area (Å²) in [6.45, 7) is 5.06. The fraction of sp³-hybridized carbons (Fsp3) is 0.455. The summed E-state index contributed by atoms with van der Waals surface area (Å²) >= 11 is 0. The van der Waals surface area contributed by atoms with E-state index in [4.69, 9.17) is 9.47 Å². The smallest absolute Gasteiger partial charge is 0.213 e. The van der Waals surface area contributed by atoms with Crippen molar-refractivity contribution in [2.24, 2.45) is 11.3 Å². The van der Waals surface area contributed by atoms with Gasteiger partial charge >= 0.3 is 0 Å². The van der Waals surface area contributed by atoms with Crippen molar-refractivity contribution in [2.75, 3.05) is 7.11 Å². The molecule has 0 amide bonds. The van der Waals surface area contributed by atoms with Crippen LogP contribution in [0.4, 0.5) is 4.39 Å². The quantitative estimate of drug-likeness (QED) is 0.306. The molecule has 0 aliphatic heterocycles. The molecule has 3 aliphatic carbocycles. The van der Waals surface area contributed by atoms with Gasteiger partial charge in [-0.1, -0.05) is 44.5 Å². The third-order valence-electron chi connectivity index (χ3n) is 9.72. The highest BCUT2D eigenvalue weighted by atomic mass is 19.1. The van der Waals surface area contributed by atoms with Crippen molar-refractivity contribution in [1.29, 1.82) is 0 Å². The number of methoxy groups -OCH3 is 1. The average molecular weight is 514 g/mol. The summed E-state index contributed by atoms with van der Waals surface area (Å²) in [6, 6.07) is 14.4. The third kappa shape index (κ3) is 4.11. The van der Waals surface area contributed by atoms with E-state index in [0.29, 0.717) is 24.0 Å². The summed E-state index contributed by atoms with van der Waals surface area (Å²) < 4.78 is 26.7. The number of aryl methyl sites for hydroxylation is 1. The number of hydrogen-bond acceptors (Lipinski definition) is 4. The zero-order valence-corrected chi connectivity index (χ0v) is 22.6. The van der Waals surface area contributed by atoms with E-state index in [2.05, 4.69) is 43.1 Å². The molecule has 0 saturated heterocycles. The van der Waals surface area contributed by atoms with Crippen molar-refractivity contribution in [3.63, 3.8) is 0 Å². The fourth-order valence-corrected chi connectivity index (χ4v) is 7.36. The fourth-order valence-electron chi connectivity index (χ4n) is 7.36. The highest BCUT2D eigenvalue weighted by molar-refractivity contribution is 5.70. The Labute approximate surface area is 224 Å². The SMILES string of the molecule is COc1cc(-c2ccc(COc3ccc4c(c3)[C@]3(CC4)CC[C@@H]3C=O)cc2[C@@H]2CCCC2(C)C)c(F)cn1. The second kappa shape index (κ2) is 9.52. The predicted octanol–water partition coefficient (Wildman–Crippen LogP) is 7.56. The number of benzene rings is 2. The van der Waals surface area contributed by atoms with E-state index in [1.54, 1.807) is 13.2 Å². The van der Waals surface area contributed by atoms with Gasteiger partial charge in [-0.2, -0.15) is 0 Å². The van der Waals surface area contributed by atoms with Gasteiger partial charge in [-0.3, -0.25) is 0 Å². The molecule has 6 rings (SSSR count). The van der Waals surface area contributed by atoms with Crippen LogP contribution in [-0.2, 0) is 23.2 Å². The zero-order chi connectivity index (χ0) is 26.5. The van der Waals surface area contributed by atoms with Crippen LogP contribution >= 0.6 is 0 Å². The topological polar surface area (TPSA) is 48.4 Å². The maximum Gasteiger partial charge on any atom is 0.213 e. The first kappa shape index (κ1) is 25.1. The minimum absolute atomic E-state index is 0.0228. The Hall–Kier alpha value is -3.21. The van der Waals surface area contributed by atoms with E-state index in [1.807, 2.05) is 12.1 Å². The summed E-state index contributed by atoms with van der Waals surface area (Å²) in [7, 11) is 1.55. The van der Waals surface area contributed by atoms with Gasteiger partial charge < -0.3 is 14.3 Å². The Morgan fingerprint density at radius 2 is 1.92 bits per heavy atom. The average Bonchev–Trinajstić information content (AvgIpc) is 3.48. The van der Waals surface area contributed by atoms with Crippen molar-refractivity contribution in [1.82, 2.24) is 4.98 Å². The van der Waals surface area contributed by atoms with Gasteiger partial charge in [-0.25, -0.2) is 9.37 Å². The number of pyridine rings is 1. The summed E-state index contributed by atoms with van der Waals surface area (Å²) in [4.78, 5) is 15.7. The van der Waals surface area contributed by atoms with Gasteiger partial charge in [-0.05, 0) is 89.8 Å². The number of halogens is 1. The van der Waals surface area contributed by atoms with Gasteiger partial charge in [0.2, 0.25) is 5.88 Å². The first-order valence-corrected chi connectivity index (χ1v) is 13.9. The number of fused-ring (bicyclic) bond motifs is 2. The van der Waals surface area contributed by atoms with Crippen LogP contribution in [0.3, 0.4) is 0 Å². The maximum atomic E-state index is 15.0. The minimum Gasteiger partial charge on any atom is -0.489 e. The lowest BCUT2D eigenvalue weighted by Crippen LogP contribution is -2.43. The minimum atomic E-state index is -0.344. The number of ether oxygens (including phenoxy) is 2. The van der Waals surface area contributed by atoms with Crippen LogP contribution in [0.15, 0.2) is 48.7 Å². The molecule has 3 atom stereocenters. The normalized spacial score (nSPS) is 25.2. The van der Waals surface area contributed by atoms with E-state index in [0.717, 1.165) is 67.3 Å². The largest absolute Gasteiger partial charge is 0.489 e. The number of rotatable bonds is 7. The number of aromatic nitrogens is 1. The summed E-state index contributed by atoms with van der Waals surface area (Å²) in [6.07, 6.45) is 9.98. The van der Waals surface area contributed by atoms with Crippen LogP contribution < -0.4 is 9.47 Å². The molecule has 4 nitrogen and oxygen atoms in total. The number of carbonyl (C=O) groups excluding carboxylic acids is 1. The molecule has 3 aromatic rings. The van der Waals surface area contributed by atoms with Crippen molar-refractivity contribution in [3.8, 4) is 22.8 Å². The Morgan fingerprint density at radius 3 is 2.63 bits per heavy atom. The number of carbonyl (C=O) groups is 1. The van der Waals surface area contributed by atoms with Crippen molar-refractivity contribution in [3.05, 3.63) is 76.7 Å². The first-order chi connectivity index (χ1) is 18.3. The Morgan fingerprint density at radius 1 is 1.05 bits per heavy atom. The monoisotopic (exact) mass is 513 g/mol. The van der Waals surface area contributed by atoms with Crippen LogP contribution in [0.1, 0.15) is 80.5 Å². The molecule has 198 valence electrons. The van der Waals surface area contributed by atoms with Gasteiger partial charge in [0.15, 0.2) is 0 Å². The van der Waals surface area contributed by atoms with E-state index in [9.17, 15) is 4.79 Å². The molecule has 1 heterocycles. The number of aldehydes is 1.